The highest BCUT2D eigenvalue weighted by molar-refractivity contribution is 7.80. The van der Waals surface area contributed by atoms with Crippen molar-refractivity contribution in [1.82, 2.24) is 25.1 Å². The Hall–Kier alpha value is -1.92. The molecule has 3 heterocycles. The van der Waals surface area contributed by atoms with Crippen molar-refractivity contribution in [3.63, 3.8) is 0 Å². The summed E-state index contributed by atoms with van der Waals surface area (Å²) in [5.74, 6) is 0. The molecule has 5 nitrogen and oxygen atoms in total. The van der Waals surface area contributed by atoms with Crippen LogP contribution in [0.2, 0.25) is 0 Å². The van der Waals surface area contributed by atoms with E-state index in [-0.39, 0.29) is 12.1 Å². The van der Waals surface area contributed by atoms with Gasteiger partial charge in [0.2, 0.25) is 0 Å². The van der Waals surface area contributed by atoms with Crippen LogP contribution in [-0.2, 0) is 0 Å². The van der Waals surface area contributed by atoms with Gasteiger partial charge in [0.25, 0.3) is 0 Å². The summed E-state index contributed by atoms with van der Waals surface area (Å²) >= 11 is 5.69. The summed E-state index contributed by atoms with van der Waals surface area (Å²) in [5.41, 5.74) is 4.71. The number of hydrogen-bond acceptors (Lipinski definition) is 3. The number of hydrogen-bond donors (Lipinski definition) is 2. The first-order chi connectivity index (χ1) is 12.0. The number of aromatic nitrogens is 2. The molecule has 25 heavy (non-hydrogen) atoms. The molecule has 1 fully saturated rings. The fourth-order valence-electron chi connectivity index (χ4n) is 3.59. The molecule has 0 saturated carbocycles. The molecule has 2 aromatic heterocycles. The van der Waals surface area contributed by atoms with E-state index in [0.717, 1.165) is 30.3 Å². The van der Waals surface area contributed by atoms with E-state index >= 15 is 0 Å². The van der Waals surface area contributed by atoms with Crippen molar-refractivity contribution in [3.8, 4) is 0 Å². The summed E-state index contributed by atoms with van der Waals surface area (Å²) in [6.07, 6.45) is 2.92. The largest absolute Gasteiger partial charge is 0.362 e. The third-order valence-electron chi connectivity index (χ3n) is 4.71. The van der Waals surface area contributed by atoms with Crippen molar-refractivity contribution >= 4 is 17.3 Å². The van der Waals surface area contributed by atoms with Crippen LogP contribution in [0.15, 0.2) is 30.5 Å². The van der Waals surface area contributed by atoms with E-state index in [2.05, 4.69) is 65.2 Å². The molecule has 3 rings (SSSR count). The Morgan fingerprint density at radius 3 is 2.68 bits per heavy atom. The highest BCUT2D eigenvalue weighted by Crippen LogP contribution is 2.40. The Morgan fingerprint density at radius 2 is 2.08 bits per heavy atom. The third-order valence-corrected chi connectivity index (χ3v) is 5.06. The monoisotopic (exact) mass is 357 g/mol. The van der Waals surface area contributed by atoms with E-state index in [0.29, 0.717) is 0 Å². The van der Waals surface area contributed by atoms with Crippen LogP contribution in [0.3, 0.4) is 0 Å². The van der Waals surface area contributed by atoms with Gasteiger partial charge in [0.15, 0.2) is 5.11 Å². The predicted molar refractivity (Wildman–Crippen MR) is 106 cm³/mol. The van der Waals surface area contributed by atoms with E-state index in [4.69, 9.17) is 12.2 Å². The Kier molecular flexibility index (Phi) is 5.39. The van der Waals surface area contributed by atoms with Gasteiger partial charge in [-0.1, -0.05) is 6.07 Å². The lowest BCUT2D eigenvalue weighted by Crippen LogP contribution is -2.32. The lowest BCUT2D eigenvalue weighted by Gasteiger charge is -2.28. The molecule has 0 aliphatic carbocycles. The van der Waals surface area contributed by atoms with Gasteiger partial charge in [-0.2, -0.15) is 0 Å². The Labute approximate surface area is 155 Å². The van der Waals surface area contributed by atoms with E-state index in [1.807, 2.05) is 18.3 Å². The number of aryl methyl sites for hydroxylation is 2. The summed E-state index contributed by atoms with van der Waals surface area (Å²) in [6.45, 7) is 6.22. The summed E-state index contributed by atoms with van der Waals surface area (Å²) < 4.78 is 0. The summed E-state index contributed by atoms with van der Waals surface area (Å²) in [4.78, 5) is 12.6. The Morgan fingerprint density at radius 1 is 1.28 bits per heavy atom. The van der Waals surface area contributed by atoms with Gasteiger partial charge < -0.3 is 20.1 Å². The van der Waals surface area contributed by atoms with Gasteiger partial charge in [0.1, 0.15) is 0 Å². The first kappa shape index (κ1) is 17.9. The van der Waals surface area contributed by atoms with Gasteiger partial charge in [0, 0.05) is 24.1 Å². The molecule has 1 saturated heterocycles. The van der Waals surface area contributed by atoms with Crippen LogP contribution in [0, 0.1) is 13.8 Å². The molecule has 1 aliphatic rings. The van der Waals surface area contributed by atoms with Crippen molar-refractivity contribution in [2.24, 2.45) is 0 Å². The van der Waals surface area contributed by atoms with E-state index in [1.165, 1.54) is 17.0 Å². The molecule has 2 N–H and O–H groups in total. The molecule has 0 amide bonds. The maximum atomic E-state index is 5.69. The summed E-state index contributed by atoms with van der Waals surface area (Å²) in [6, 6.07) is 8.53. The number of H-pyrrole nitrogens is 1. The average Bonchev–Trinajstić information content (AvgIpc) is 3.07. The highest BCUT2D eigenvalue weighted by atomic mass is 32.1. The quantitative estimate of drug-likeness (QED) is 0.779. The van der Waals surface area contributed by atoms with Gasteiger partial charge in [-0.15, -0.1) is 0 Å². The molecule has 0 unspecified atom stereocenters. The number of thiocarbonyl (C=S) groups is 1. The fraction of sp³-hybridized carbons (Fsp3) is 0.474. The topological polar surface area (TPSA) is 47.2 Å². The standard InChI is InChI=1S/C19H27N5S/c1-13-12-15(14(2)21-13)18-17(16-8-5-6-9-20-16)22-19(25)24(18)11-7-10-23(3)4/h5-6,8-9,12,17-18,21H,7,10-11H2,1-4H3,(H,22,25)/t17-,18+/m0/s1. The minimum absolute atomic E-state index is 0.0713. The lowest BCUT2D eigenvalue weighted by atomic mass is 9.96. The molecule has 0 aromatic carbocycles. The van der Waals surface area contributed by atoms with Crippen LogP contribution in [0.25, 0.3) is 0 Å². The van der Waals surface area contributed by atoms with E-state index in [9.17, 15) is 0 Å². The second-order valence-corrected chi connectivity index (χ2v) is 7.40. The van der Waals surface area contributed by atoms with E-state index < -0.39 is 0 Å². The van der Waals surface area contributed by atoms with Gasteiger partial charge in [-0.05, 0) is 76.9 Å². The average molecular weight is 358 g/mol. The van der Waals surface area contributed by atoms with Crippen molar-refractivity contribution < 1.29 is 0 Å². The lowest BCUT2D eigenvalue weighted by molar-refractivity contribution is 0.292. The van der Waals surface area contributed by atoms with E-state index in [1.54, 1.807) is 0 Å². The molecule has 0 spiro atoms. The summed E-state index contributed by atoms with van der Waals surface area (Å²) in [5, 5.41) is 4.33. The Balaban J connectivity index is 1.93. The molecule has 134 valence electrons. The smallest absolute Gasteiger partial charge is 0.170 e. The SMILES string of the molecule is Cc1cc([C@@H]2[C@H](c3ccccn3)NC(=S)N2CCCN(C)C)c(C)[nH]1. The molecular weight excluding hydrogens is 330 g/mol. The highest BCUT2D eigenvalue weighted by Gasteiger charge is 2.40. The second-order valence-electron chi connectivity index (χ2n) is 7.01. The minimum Gasteiger partial charge on any atom is -0.362 e. The maximum absolute atomic E-state index is 5.69. The van der Waals surface area contributed by atoms with Crippen molar-refractivity contribution in [2.45, 2.75) is 32.4 Å². The van der Waals surface area contributed by atoms with Crippen molar-refractivity contribution in [3.05, 3.63) is 53.1 Å². The van der Waals surface area contributed by atoms with Gasteiger partial charge >= 0.3 is 0 Å². The minimum atomic E-state index is 0.0713. The zero-order valence-electron chi connectivity index (χ0n) is 15.4. The molecule has 2 aromatic rings. The number of rotatable bonds is 6. The number of nitrogens with one attached hydrogen (secondary N) is 2. The molecular formula is C19H27N5S. The van der Waals surface area contributed by atoms with Gasteiger partial charge in [0.05, 0.1) is 17.8 Å². The first-order valence-electron chi connectivity index (χ1n) is 8.76. The van der Waals surface area contributed by atoms with Crippen LogP contribution in [-0.4, -0.2) is 52.1 Å². The first-order valence-corrected chi connectivity index (χ1v) is 9.17. The van der Waals surface area contributed by atoms with Crippen LogP contribution in [0.1, 0.15) is 41.1 Å². The van der Waals surface area contributed by atoms with Crippen LogP contribution >= 0.6 is 12.2 Å². The third kappa shape index (κ3) is 3.85. The van der Waals surface area contributed by atoms with Crippen molar-refractivity contribution in [2.75, 3.05) is 27.2 Å². The molecule has 0 bridgehead atoms. The maximum Gasteiger partial charge on any atom is 0.170 e. The number of nitrogens with zero attached hydrogens (tertiary/aromatic N) is 3. The predicted octanol–water partition coefficient (Wildman–Crippen LogP) is 2.95. The second kappa shape index (κ2) is 7.54. The normalized spacial score (nSPS) is 20.4. The van der Waals surface area contributed by atoms with Crippen LogP contribution in [0.4, 0.5) is 0 Å². The van der Waals surface area contributed by atoms with Crippen LogP contribution in [0.5, 0.6) is 0 Å². The molecule has 2 atom stereocenters. The zero-order chi connectivity index (χ0) is 18.0. The molecule has 6 heteroatoms. The van der Waals surface area contributed by atoms with Crippen molar-refractivity contribution in [1.29, 1.82) is 0 Å². The Bertz CT molecular complexity index is 725. The van der Waals surface area contributed by atoms with Gasteiger partial charge in [-0.25, -0.2) is 0 Å². The van der Waals surface area contributed by atoms with Gasteiger partial charge in [-0.3, -0.25) is 4.98 Å². The summed E-state index contributed by atoms with van der Waals surface area (Å²) in [7, 11) is 4.21. The zero-order valence-corrected chi connectivity index (χ0v) is 16.2. The fourth-order valence-corrected chi connectivity index (χ4v) is 3.93. The molecule has 1 aliphatic heterocycles. The molecule has 0 radical (unpaired) electrons. The van der Waals surface area contributed by atoms with Crippen LogP contribution < -0.4 is 5.32 Å². The number of pyridine rings is 1. The number of aromatic amines is 1.